The highest BCUT2D eigenvalue weighted by molar-refractivity contribution is 7.90. The van der Waals surface area contributed by atoms with Gasteiger partial charge in [-0.2, -0.15) is 4.72 Å². The number of carbonyl (C=O) groups excluding carboxylic acids is 2. The molecule has 0 aromatic carbocycles. The number of fused-ring (bicyclic) bond motifs is 5. The molecule has 9 atom stereocenters. The molecule has 0 spiro atoms. The van der Waals surface area contributed by atoms with Crippen molar-refractivity contribution < 1.29 is 24.4 Å². The normalized spacial score (nSPS) is 46.1. The van der Waals surface area contributed by atoms with E-state index in [0.29, 0.717) is 25.7 Å². The largest absolute Gasteiger partial charge is 0.593 e. The van der Waals surface area contributed by atoms with Crippen molar-refractivity contribution in [3.63, 3.8) is 0 Å². The second-order valence-corrected chi connectivity index (χ2v) is 12.8. The van der Waals surface area contributed by atoms with Gasteiger partial charge >= 0.3 is 0 Å². The van der Waals surface area contributed by atoms with Gasteiger partial charge in [-0.25, -0.2) is 0 Å². The quantitative estimate of drug-likeness (QED) is 0.532. The minimum Gasteiger partial charge on any atom is -0.593 e. The molecule has 34 heavy (non-hydrogen) atoms. The molecular weight excluding hydrogens is 450 g/mol. The average molecular weight is 486 g/mol. The van der Waals surface area contributed by atoms with Crippen molar-refractivity contribution in [3.8, 4) is 0 Å². The van der Waals surface area contributed by atoms with E-state index in [1.54, 1.807) is 12.2 Å². The summed E-state index contributed by atoms with van der Waals surface area (Å²) in [5, 5.41) is 22.9. The van der Waals surface area contributed by atoms with E-state index < -0.39 is 34.4 Å². The lowest BCUT2D eigenvalue weighted by Crippen LogP contribution is -2.63. The van der Waals surface area contributed by atoms with Crippen LogP contribution in [0.1, 0.15) is 59.3 Å². The second-order valence-electron chi connectivity index (χ2n) is 11.4. The summed E-state index contributed by atoms with van der Waals surface area (Å²) in [5.41, 5.74) is -0.701. The third-order valence-corrected chi connectivity index (χ3v) is 11.0. The molecule has 0 saturated heterocycles. The molecule has 5 aliphatic carbocycles. The molecule has 0 aromatic rings. The number of carbonyl (C=O) groups is 2. The van der Waals surface area contributed by atoms with E-state index in [1.165, 1.54) is 0 Å². The third-order valence-electron chi connectivity index (χ3n) is 9.74. The molecular formula is C27H35NO5S. The van der Waals surface area contributed by atoms with Crippen molar-refractivity contribution in [3.05, 3.63) is 47.6 Å². The predicted octanol–water partition coefficient (Wildman–Crippen LogP) is 3.05. The van der Waals surface area contributed by atoms with Gasteiger partial charge in [0.25, 0.3) is 5.91 Å². The van der Waals surface area contributed by atoms with Crippen LogP contribution in [0.3, 0.4) is 0 Å². The zero-order valence-corrected chi connectivity index (χ0v) is 20.9. The third kappa shape index (κ3) is 3.42. The summed E-state index contributed by atoms with van der Waals surface area (Å²) in [6, 6.07) is 0. The lowest BCUT2D eigenvalue weighted by molar-refractivity contribution is -0.177. The number of rotatable bonds is 3. The number of hydrogen-bond acceptors (Lipinski definition) is 5. The van der Waals surface area contributed by atoms with Crippen LogP contribution in [-0.4, -0.2) is 43.4 Å². The Balaban J connectivity index is 1.38. The van der Waals surface area contributed by atoms with Gasteiger partial charge in [0, 0.05) is 23.2 Å². The van der Waals surface area contributed by atoms with Crippen LogP contribution in [0.2, 0.25) is 0 Å². The summed E-state index contributed by atoms with van der Waals surface area (Å²) >= 11 is -1.64. The van der Waals surface area contributed by atoms with Crippen molar-refractivity contribution >= 4 is 23.1 Å². The summed E-state index contributed by atoms with van der Waals surface area (Å²) in [5.74, 6) is -0.451. The number of nitrogens with one attached hydrogen (secondary N) is 1. The first-order valence-electron chi connectivity index (χ1n) is 12.4. The number of aliphatic hydroxyl groups is 2. The highest BCUT2D eigenvalue weighted by Gasteiger charge is 2.68. The predicted molar refractivity (Wildman–Crippen MR) is 131 cm³/mol. The van der Waals surface area contributed by atoms with Crippen LogP contribution in [0.25, 0.3) is 0 Å². The average Bonchev–Trinajstić information content (AvgIpc) is 3.05. The van der Waals surface area contributed by atoms with Gasteiger partial charge in [0.2, 0.25) is 0 Å². The number of allylic oxidation sites excluding steroid dienone is 7. The van der Waals surface area contributed by atoms with Gasteiger partial charge < -0.3 is 14.8 Å². The van der Waals surface area contributed by atoms with E-state index in [-0.39, 0.29) is 34.2 Å². The van der Waals surface area contributed by atoms with Gasteiger partial charge in [-0.05, 0) is 69.1 Å². The van der Waals surface area contributed by atoms with Crippen LogP contribution in [0.4, 0.5) is 0 Å². The molecule has 3 N–H and O–H groups in total. The number of amides is 1. The maximum Gasteiger partial charge on any atom is 0.293 e. The lowest BCUT2D eigenvalue weighted by atomic mass is 9.46. The Bertz CT molecular complexity index is 1030. The van der Waals surface area contributed by atoms with E-state index in [0.717, 1.165) is 24.0 Å². The smallest absolute Gasteiger partial charge is 0.293 e. The summed E-state index contributed by atoms with van der Waals surface area (Å²) in [6.45, 7) is 6.01. The van der Waals surface area contributed by atoms with Gasteiger partial charge in [-0.1, -0.05) is 43.2 Å². The molecule has 3 saturated carbocycles. The molecule has 5 aliphatic rings. The minimum atomic E-state index is -1.68. The molecule has 6 nitrogen and oxygen atoms in total. The van der Waals surface area contributed by atoms with Crippen molar-refractivity contribution in [1.82, 2.24) is 4.72 Å². The zero-order valence-electron chi connectivity index (χ0n) is 20.1. The van der Waals surface area contributed by atoms with E-state index in [1.807, 2.05) is 38.2 Å². The Kier molecular flexibility index (Phi) is 5.79. The fraction of sp³-hybridized carbons (Fsp3) is 0.630. The molecule has 0 aromatic heterocycles. The number of aliphatic hydroxyl groups excluding tert-OH is 1. The van der Waals surface area contributed by atoms with Crippen molar-refractivity contribution in [2.45, 2.75) is 76.3 Å². The summed E-state index contributed by atoms with van der Waals surface area (Å²) < 4.78 is 15.5. The van der Waals surface area contributed by atoms with Gasteiger partial charge in [0.1, 0.15) is 0 Å². The summed E-state index contributed by atoms with van der Waals surface area (Å²) in [4.78, 5) is 25.4. The molecule has 7 heteroatoms. The van der Waals surface area contributed by atoms with E-state index >= 15 is 0 Å². The Morgan fingerprint density at radius 2 is 2.03 bits per heavy atom. The van der Waals surface area contributed by atoms with Crippen molar-refractivity contribution in [2.75, 3.05) is 0 Å². The Hall–Kier alpha value is -1.67. The molecule has 6 unspecified atom stereocenters. The Labute approximate surface area is 204 Å². The first kappa shape index (κ1) is 24.0. The van der Waals surface area contributed by atoms with Crippen molar-refractivity contribution in [1.29, 1.82) is 0 Å². The Morgan fingerprint density at radius 1 is 1.26 bits per heavy atom. The molecule has 5 rings (SSSR count). The maximum absolute atomic E-state index is 13.4. The van der Waals surface area contributed by atoms with E-state index in [4.69, 9.17) is 0 Å². The van der Waals surface area contributed by atoms with Crippen molar-refractivity contribution in [2.24, 2.45) is 28.6 Å². The SMILES string of the molecule is CC1=CCC([S@@+]([O-])NC(=O)[C@@]2(O)CCC3C4CCC5=CC(=O)C=CC5(C)C4[C@@H](O)CC32C)C=C1. The van der Waals surface area contributed by atoms with Crippen LogP contribution in [-0.2, 0) is 21.0 Å². The number of hydrogen-bond donors (Lipinski definition) is 3. The molecule has 1 amide bonds. The molecule has 0 bridgehead atoms. The van der Waals surface area contributed by atoms with E-state index in [2.05, 4.69) is 11.6 Å². The standard InChI is InChI=1S/C27H35NO5S/c1-16-4-7-19(8-5-16)34(33)28-24(31)27(32)13-11-21-20-9-6-17-14-18(29)10-12-25(17,2)23(20)22(30)15-26(21,27)3/h4-5,7,10,12,14,19-23,30,32H,6,8-9,11,13,15H2,1-3H3,(H,28,31)/t19?,20?,21?,22-,23?,25?,26?,27-,34+/m0/s1. The fourth-order valence-electron chi connectivity index (χ4n) is 7.82. The number of ketones is 1. The highest BCUT2D eigenvalue weighted by Crippen LogP contribution is 2.67. The second kappa shape index (κ2) is 8.19. The molecule has 184 valence electrons. The first-order chi connectivity index (χ1) is 16.0. The van der Waals surface area contributed by atoms with Gasteiger partial charge in [-0.15, -0.1) is 0 Å². The molecule has 0 aliphatic heterocycles. The summed E-state index contributed by atoms with van der Waals surface area (Å²) in [6.07, 6.45) is 13.8. The van der Waals surface area contributed by atoms with Crippen LogP contribution in [0, 0.1) is 28.6 Å². The molecule has 0 radical (unpaired) electrons. The fourth-order valence-corrected chi connectivity index (χ4v) is 8.82. The summed E-state index contributed by atoms with van der Waals surface area (Å²) in [7, 11) is 0. The Morgan fingerprint density at radius 3 is 2.74 bits per heavy atom. The topological polar surface area (TPSA) is 110 Å². The monoisotopic (exact) mass is 485 g/mol. The minimum absolute atomic E-state index is 0.000521. The van der Waals surface area contributed by atoms with E-state index in [9.17, 15) is 24.4 Å². The molecule has 0 heterocycles. The van der Waals surface area contributed by atoms with Crippen LogP contribution in [0.5, 0.6) is 0 Å². The lowest BCUT2D eigenvalue weighted by Gasteiger charge is -2.59. The van der Waals surface area contributed by atoms with Gasteiger partial charge in [-0.3, -0.25) is 9.59 Å². The van der Waals surface area contributed by atoms with Crippen LogP contribution < -0.4 is 4.72 Å². The first-order valence-corrected chi connectivity index (χ1v) is 13.6. The maximum atomic E-state index is 13.4. The van der Waals surface area contributed by atoms with Crippen LogP contribution in [0.15, 0.2) is 47.6 Å². The van der Waals surface area contributed by atoms with Crippen LogP contribution >= 0.6 is 0 Å². The highest BCUT2D eigenvalue weighted by atomic mass is 32.2. The molecule has 3 fully saturated rings. The zero-order chi connectivity index (χ0) is 24.5. The van der Waals surface area contributed by atoms with Gasteiger partial charge in [0.05, 0.1) is 17.5 Å². The van der Waals surface area contributed by atoms with Gasteiger partial charge in [0.15, 0.2) is 16.6 Å².